The molecule has 0 aromatic carbocycles. The van der Waals surface area contributed by atoms with E-state index in [1.54, 1.807) is 41.5 Å². The highest BCUT2D eigenvalue weighted by Crippen LogP contribution is 2.41. The number of nitrogens with one attached hydrogen (secondary N) is 2. The molecule has 2 unspecified atom stereocenters. The number of imidazole rings is 1. The summed E-state index contributed by atoms with van der Waals surface area (Å²) >= 11 is 0. The first-order valence-electron chi connectivity index (χ1n) is 12.1. The van der Waals surface area contributed by atoms with Crippen molar-refractivity contribution in [1.29, 1.82) is 0 Å². The first kappa shape index (κ1) is 29.3. The molecule has 0 aliphatic heterocycles. The number of alkyl carbamates (subject to hydrolysis) is 1. The van der Waals surface area contributed by atoms with E-state index in [9.17, 15) is 26.6 Å². The van der Waals surface area contributed by atoms with Gasteiger partial charge in [0.05, 0.1) is 39.9 Å². The van der Waals surface area contributed by atoms with Gasteiger partial charge in [-0.15, -0.1) is 0 Å². The molecule has 2 N–H and O–H groups in total. The summed E-state index contributed by atoms with van der Waals surface area (Å²) in [6.45, 7) is 10.1. The third kappa shape index (κ3) is 7.86. The summed E-state index contributed by atoms with van der Waals surface area (Å²) < 4.78 is 76.3. The van der Waals surface area contributed by atoms with Gasteiger partial charge in [0, 0.05) is 12.8 Å². The van der Waals surface area contributed by atoms with Crippen LogP contribution in [-0.4, -0.2) is 47.6 Å². The van der Waals surface area contributed by atoms with Crippen molar-refractivity contribution in [1.82, 2.24) is 24.6 Å². The molecule has 0 radical (unpaired) electrons. The molecule has 1 saturated carbocycles. The van der Waals surface area contributed by atoms with Gasteiger partial charge >= 0.3 is 6.09 Å². The number of hydrogen-bond acceptors (Lipinski definition) is 5. The number of nitrogens with zero attached hydrogens (tertiary/aromatic N) is 3. The van der Waals surface area contributed by atoms with Crippen molar-refractivity contribution in [2.45, 2.75) is 102 Å². The number of rotatable bonds is 7. The maximum Gasteiger partial charge on any atom is 0.408 e. The van der Waals surface area contributed by atoms with Gasteiger partial charge in [-0.3, -0.25) is 0 Å². The molecule has 2 heterocycles. The molecule has 1 aliphatic rings. The third-order valence-electron chi connectivity index (χ3n) is 5.99. The van der Waals surface area contributed by atoms with E-state index in [1.165, 1.54) is 23.0 Å². The van der Waals surface area contributed by atoms with E-state index in [1.807, 2.05) is 0 Å². The van der Waals surface area contributed by atoms with Crippen LogP contribution in [0.5, 0.6) is 0 Å². The molecule has 3 rings (SSSR count). The zero-order valence-corrected chi connectivity index (χ0v) is 22.7. The molecule has 3 atom stereocenters. The number of amides is 1. The number of carbonyl (C=O) groups excluding carboxylic acids is 1. The number of ether oxygens (including phenoxy) is 1. The van der Waals surface area contributed by atoms with E-state index in [0.717, 1.165) is 0 Å². The van der Waals surface area contributed by atoms with Crippen LogP contribution < -0.4 is 10.0 Å². The Hall–Kier alpha value is -2.28. The molecule has 0 spiro atoms. The van der Waals surface area contributed by atoms with Gasteiger partial charge in [-0.25, -0.2) is 40.8 Å². The van der Waals surface area contributed by atoms with Gasteiger partial charge in [0.2, 0.25) is 5.92 Å². The van der Waals surface area contributed by atoms with Crippen molar-refractivity contribution in [2.75, 3.05) is 0 Å². The van der Waals surface area contributed by atoms with Crippen LogP contribution in [0.1, 0.15) is 90.6 Å². The standard InChI is InChI=1S/C24H35F4N5O3S/c1-22(2,3)36-21(34)31-18(14-7-9-24(27,28)10-8-14)16-13-33-17(30-16)11-15(12-29-33)19(20(25)26)32-37(35)23(4,5)6/h11-14,18-20,32H,7-10H2,1-6H3,(H,31,34)/t18-,19?,37?/m0/s1. The average molecular weight is 550 g/mol. The van der Waals surface area contributed by atoms with Gasteiger partial charge in [-0.2, -0.15) is 5.10 Å². The molecule has 208 valence electrons. The van der Waals surface area contributed by atoms with Crippen molar-refractivity contribution in [3.63, 3.8) is 0 Å². The molecule has 0 saturated heterocycles. The summed E-state index contributed by atoms with van der Waals surface area (Å²) in [6.07, 6.45) is -1.11. The molecule has 2 aromatic rings. The number of halogens is 4. The Morgan fingerprint density at radius 3 is 2.35 bits per heavy atom. The van der Waals surface area contributed by atoms with E-state index in [-0.39, 0.29) is 42.8 Å². The fourth-order valence-electron chi connectivity index (χ4n) is 4.05. The first-order chi connectivity index (χ1) is 16.9. The minimum Gasteiger partial charge on any atom is -0.444 e. The zero-order valence-electron chi connectivity index (χ0n) is 21.9. The van der Waals surface area contributed by atoms with Crippen LogP contribution in [0.15, 0.2) is 18.5 Å². The average Bonchev–Trinajstić information content (AvgIpc) is 3.16. The van der Waals surface area contributed by atoms with Crippen LogP contribution in [0.4, 0.5) is 22.4 Å². The lowest BCUT2D eigenvalue weighted by atomic mass is 9.81. The fraction of sp³-hybridized carbons (Fsp3) is 0.708. The molecular weight excluding hydrogens is 514 g/mol. The second-order valence-electron chi connectivity index (χ2n) is 11.4. The quantitative estimate of drug-likeness (QED) is 0.446. The predicted molar refractivity (Wildman–Crippen MR) is 132 cm³/mol. The normalized spacial score (nSPS) is 19.5. The van der Waals surface area contributed by atoms with E-state index in [0.29, 0.717) is 5.69 Å². The summed E-state index contributed by atoms with van der Waals surface area (Å²) in [6, 6.07) is -0.887. The van der Waals surface area contributed by atoms with Crippen molar-refractivity contribution < 1.29 is 31.3 Å². The van der Waals surface area contributed by atoms with Crippen molar-refractivity contribution >= 4 is 22.7 Å². The Morgan fingerprint density at radius 2 is 1.81 bits per heavy atom. The highest BCUT2D eigenvalue weighted by atomic mass is 32.2. The molecule has 1 amide bonds. The minimum absolute atomic E-state index is 0.0891. The summed E-state index contributed by atoms with van der Waals surface area (Å²) in [7, 11) is -1.76. The van der Waals surface area contributed by atoms with Gasteiger partial charge in [-0.05, 0) is 71.9 Å². The second kappa shape index (κ2) is 10.8. The lowest BCUT2D eigenvalue weighted by Crippen LogP contribution is -2.40. The number of hydrogen-bond donors (Lipinski definition) is 2. The van der Waals surface area contributed by atoms with Crippen LogP contribution in [0, 0.1) is 5.92 Å². The van der Waals surface area contributed by atoms with Gasteiger partial charge < -0.3 is 10.1 Å². The van der Waals surface area contributed by atoms with E-state index in [4.69, 9.17) is 4.74 Å². The highest BCUT2D eigenvalue weighted by molar-refractivity contribution is 7.84. The molecule has 37 heavy (non-hydrogen) atoms. The number of carbonyl (C=O) groups is 1. The number of alkyl halides is 4. The third-order valence-corrected chi connectivity index (χ3v) is 7.57. The molecule has 8 nitrogen and oxygen atoms in total. The van der Waals surface area contributed by atoms with Crippen molar-refractivity contribution in [2.24, 2.45) is 5.92 Å². The first-order valence-corrected chi connectivity index (χ1v) is 13.3. The van der Waals surface area contributed by atoms with Crippen LogP contribution >= 0.6 is 0 Å². The second-order valence-corrected chi connectivity index (χ2v) is 13.4. The zero-order chi connectivity index (χ0) is 27.8. The van der Waals surface area contributed by atoms with Crippen LogP contribution in [0.25, 0.3) is 5.65 Å². The summed E-state index contributed by atoms with van der Waals surface area (Å²) in [5, 5.41) is 6.95. The Bertz CT molecular complexity index is 1120. The monoisotopic (exact) mass is 549 g/mol. The van der Waals surface area contributed by atoms with Crippen LogP contribution in [-0.2, 0) is 15.7 Å². The summed E-state index contributed by atoms with van der Waals surface area (Å²) in [5.41, 5.74) is -0.107. The summed E-state index contributed by atoms with van der Waals surface area (Å²) in [4.78, 5) is 17.1. The van der Waals surface area contributed by atoms with Gasteiger partial charge in [0.1, 0.15) is 11.6 Å². The number of fused-ring (bicyclic) bond motifs is 1. The van der Waals surface area contributed by atoms with Gasteiger partial charge in [0.15, 0.2) is 5.65 Å². The van der Waals surface area contributed by atoms with Crippen molar-refractivity contribution in [3.8, 4) is 0 Å². The maximum absolute atomic E-state index is 13.9. The largest absolute Gasteiger partial charge is 0.444 e. The van der Waals surface area contributed by atoms with E-state index >= 15 is 0 Å². The Morgan fingerprint density at radius 1 is 1.19 bits per heavy atom. The number of aromatic nitrogens is 3. The molecule has 2 aromatic heterocycles. The van der Waals surface area contributed by atoms with Gasteiger partial charge in [0.25, 0.3) is 6.43 Å². The van der Waals surface area contributed by atoms with Crippen LogP contribution in [0.2, 0.25) is 0 Å². The smallest absolute Gasteiger partial charge is 0.408 e. The minimum atomic E-state index is -2.87. The predicted octanol–water partition coefficient (Wildman–Crippen LogP) is 5.48. The Labute approximate surface area is 216 Å². The lowest BCUT2D eigenvalue weighted by molar-refractivity contribution is -0.0500. The highest BCUT2D eigenvalue weighted by Gasteiger charge is 2.40. The van der Waals surface area contributed by atoms with E-state index < -0.39 is 51.9 Å². The molecular formula is C24H35F4N5O3S. The molecule has 1 aliphatic carbocycles. The molecule has 13 heteroatoms. The van der Waals surface area contributed by atoms with Crippen molar-refractivity contribution in [3.05, 3.63) is 29.7 Å². The maximum atomic E-state index is 13.9. The SMILES string of the molecule is CC(C)(C)OC(=O)N[C@H](c1cn2ncc(C(NS(=O)C(C)(C)C)C(F)F)cc2n1)C1CCC(F)(F)CC1. The van der Waals surface area contributed by atoms with E-state index in [2.05, 4.69) is 20.1 Å². The topological polar surface area (TPSA) is 97.6 Å². The Balaban J connectivity index is 1.93. The summed E-state index contributed by atoms with van der Waals surface area (Å²) in [5.74, 6) is -3.09. The lowest BCUT2D eigenvalue weighted by Gasteiger charge is -2.33. The van der Waals surface area contributed by atoms with Gasteiger partial charge in [-0.1, -0.05) is 0 Å². The molecule has 1 fully saturated rings. The fourth-order valence-corrected chi connectivity index (χ4v) is 4.87. The molecule has 0 bridgehead atoms. The Kier molecular flexibility index (Phi) is 8.57. The van der Waals surface area contributed by atoms with Crippen LogP contribution in [0.3, 0.4) is 0 Å².